The first-order valence-corrected chi connectivity index (χ1v) is 9.37. The molecule has 2 aliphatic heterocycles. The van der Waals surface area contributed by atoms with Gasteiger partial charge in [-0.2, -0.15) is 5.10 Å². The molecule has 2 unspecified atom stereocenters. The van der Waals surface area contributed by atoms with Crippen LogP contribution in [0.25, 0.3) is 0 Å². The maximum atomic E-state index is 10.3. The maximum Gasteiger partial charge on any atom is 0.151 e. The highest BCUT2D eigenvalue weighted by atomic mass is 16.3. The summed E-state index contributed by atoms with van der Waals surface area (Å²) in [5.74, 6) is 1.79. The summed E-state index contributed by atoms with van der Waals surface area (Å²) in [5.41, 5.74) is 0. The fraction of sp³-hybridized carbons (Fsp3) is 0.778. The van der Waals surface area contributed by atoms with E-state index in [9.17, 15) is 5.11 Å². The number of aromatic nitrogens is 2. The standard InChI is InChI=1S/C18H31N5O/c1-15-6-10-22(11-7-15)14-17(24)12-19-16-4-3-9-23(13-16)18-5-2-8-20-21-18/h2,5,8,15-17,19,24H,3-4,6-7,9-14H2,1H3. The summed E-state index contributed by atoms with van der Waals surface area (Å²) in [6.45, 7) is 8.01. The summed E-state index contributed by atoms with van der Waals surface area (Å²) < 4.78 is 0. The number of hydrogen-bond donors (Lipinski definition) is 2. The third kappa shape index (κ3) is 5.13. The van der Waals surface area contributed by atoms with Crippen LogP contribution in [0.5, 0.6) is 0 Å². The van der Waals surface area contributed by atoms with Gasteiger partial charge in [0.25, 0.3) is 0 Å². The van der Waals surface area contributed by atoms with Gasteiger partial charge < -0.3 is 20.2 Å². The van der Waals surface area contributed by atoms with Crippen molar-refractivity contribution in [3.63, 3.8) is 0 Å². The molecule has 2 N–H and O–H groups in total. The first-order valence-electron chi connectivity index (χ1n) is 9.37. The zero-order valence-corrected chi connectivity index (χ0v) is 14.8. The summed E-state index contributed by atoms with van der Waals surface area (Å²) in [5, 5.41) is 22.1. The van der Waals surface area contributed by atoms with E-state index in [4.69, 9.17) is 0 Å². The normalized spacial score (nSPS) is 24.9. The molecule has 3 rings (SSSR count). The molecule has 3 heterocycles. The van der Waals surface area contributed by atoms with Crippen molar-refractivity contribution in [2.45, 2.75) is 44.8 Å². The molecule has 0 spiro atoms. The predicted octanol–water partition coefficient (Wildman–Crippen LogP) is 1.13. The molecule has 0 radical (unpaired) electrons. The number of aliphatic hydroxyl groups excluding tert-OH is 1. The van der Waals surface area contributed by atoms with Crippen LogP contribution in [0.4, 0.5) is 5.82 Å². The van der Waals surface area contributed by atoms with Gasteiger partial charge in [0.1, 0.15) is 0 Å². The van der Waals surface area contributed by atoms with Gasteiger partial charge in [0, 0.05) is 38.4 Å². The van der Waals surface area contributed by atoms with Crippen molar-refractivity contribution in [3.05, 3.63) is 18.3 Å². The Bertz CT molecular complexity index is 478. The second-order valence-electron chi connectivity index (χ2n) is 7.41. The lowest BCUT2D eigenvalue weighted by Crippen LogP contribution is -2.49. The second kappa shape index (κ2) is 8.74. The first kappa shape index (κ1) is 17.6. The lowest BCUT2D eigenvalue weighted by atomic mass is 9.99. The van der Waals surface area contributed by atoms with Crippen LogP contribution in [0.1, 0.15) is 32.6 Å². The van der Waals surface area contributed by atoms with Crippen LogP contribution in [0.15, 0.2) is 18.3 Å². The highest BCUT2D eigenvalue weighted by Crippen LogP contribution is 2.17. The first-order chi connectivity index (χ1) is 11.7. The van der Waals surface area contributed by atoms with E-state index in [-0.39, 0.29) is 6.10 Å². The smallest absolute Gasteiger partial charge is 0.151 e. The number of hydrogen-bond acceptors (Lipinski definition) is 6. The molecule has 2 aliphatic rings. The largest absolute Gasteiger partial charge is 0.390 e. The molecule has 0 saturated carbocycles. The third-order valence-electron chi connectivity index (χ3n) is 5.29. The predicted molar refractivity (Wildman–Crippen MR) is 96.1 cm³/mol. The van der Waals surface area contributed by atoms with Gasteiger partial charge in [0.05, 0.1) is 6.10 Å². The van der Waals surface area contributed by atoms with Gasteiger partial charge in [-0.15, -0.1) is 5.10 Å². The fourth-order valence-electron chi connectivity index (χ4n) is 3.72. The van der Waals surface area contributed by atoms with Crippen molar-refractivity contribution in [2.24, 2.45) is 5.92 Å². The van der Waals surface area contributed by atoms with Gasteiger partial charge in [0.15, 0.2) is 5.82 Å². The highest BCUT2D eigenvalue weighted by molar-refractivity contribution is 5.37. The van der Waals surface area contributed by atoms with Crippen molar-refractivity contribution >= 4 is 5.82 Å². The molecule has 0 aromatic carbocycles. The second-order valence-corrected chi connectivity index (χ2v) is 7.41. The van der Waals surface area contributed by atoms with E-state index in [0.29, 0.717) is 12.6 Å². The van der Waals surface area contributed by atoms with E-state index in [1.807, 2.05) is 12.1 Å². The number of likely N-dealkylation sites (tertiary alicyclic amines) is 1. The molecule has 6 heteroatoms. The zero-order valence-electron chi connectivity index (χ0n) is 14.8. The summed E-state index contributed by atoms with van der Waals surface area (Å²) in [4.78, 5) is 4.69. The van der Waals surface area contributed by atoms with E-state index in [1.54, 1.807) is 6.20 Å². The topological polar surface area (TPSA) is 64.5 Å². The Hall–Kier alpha value is -1.24. The molecule has 0 aliphatic carbocycles. The van der Waals surface area contributed by atoms with E-state index in [0.717, 1.165) is 57.3 Å². The molecular formula is C18H31N5O. The van der Waals surface area contributed by atoms with Crippen molar-refractivity contribution in [2.75, 3.05) is 44.2 Å². The number of rotatable bonds is 6. The van der Waals surface area contributed by atoms with Crippen molar-refractivity contribution in [1.82, 2.24) is 20.4 Å². The van der Waals surface area contributed by atoms with Gasteiger partial charge in [-0.25, -0.2) is 0 Å². The molecule has 0 amide bonds. The van der Waals surface area contributed by atoms with Crippen LogP contribution in [0, 0.1) is 5.92 Å². The summed E-state index contributed by atoms with van der Waals surface area (Å²) in [6, 6.07) is 4.36. The van der Waals surface area contributed by atoms with E-state index in [1.165, 1.54) is 12.8 Å². The molecule has 1 aromatic heterocycles. The monoisotopic (exact) mass is 333 g/mol. The molecule has 6 nitrogen and oxygen atoms in total. The quantitative estimate of drug-likeness (QED) is 0.814. The average Bonchev–Trinajstić information content (AvgIpc) is 2.63. The Kier molecular flexibility index (Phi) is 6.40. The minimum atomic E-state index is -0.287. The lowest BCUT2D eigenvalue weighted by Gasteiger charge is -2.35. The van der Waals surface area contributed by atoms with Gasteiger partial charge in [-0.3, -0.25) is 0 Å². The van der Waals surface area contributed by atoms with E-state index in [2.05, 4.69) is 32.2 Å². The van der Waals surface area contributed by atoms with Gasteiger partial charge in [0.2, 0.25) is 0 Å². The number of nitrogens with one attached hydrogen (secondary N) is 1. The van der Waals surface area contributed by atoms with Crippen molar-refractivity contribution in [3.8, 4) is 0 Å². The molecule has 2 saturated heterocycles. The minimum Gasteiger partial charge on any atom is -0.390 e. The van der Waals surface area contributed by atoms with Crippen LogP contribution in [0.2, 0.25) is 0 Å². The summed E-state index contributed by atoms with van der Waals surface area (Å²) in [7, 11) is 0. The van der Waals surface area contributed by atoms with E-state index >= 15 is 0 Å². The van der Waals surface area contributed by atoms with Crippen molar-refractivity contribution < 1.29 is 5.11 Å². The van der Waals surface area contributed by atoms with Gasteiger partial charge in [-0.05, 0) is 56.8 Å². The van der Waals surface area contributed by atoms with Gasteiger partial charge in [-0.1, -0.05) is 6.92 Å². The summed E-state index contributed by atoms with van der Waals surface area (Å²) in [6.07, 6.45) is 6.25. The molecule has 2 fully saturated rings. The maximum absolute atomic E-state index is 10.3. The average molecular weight is 333 g/mol. The minimum absolute atomic E-state index is 0.287. The number of β-amino-alcohol motifs (C(OH)–C–C–N with tert-alkyl or cyclic N) is 1. The number of piperidine rings is 2. The Morgan fingerprint density at radius 3 is 2.88 bits per heavy atom. The van der Waals surface area contributed by atoms with Crippen LogP contribution in [0.3, 0.4) is 0 Å². The molecule has 0 bridgehead atoms. The van der Waals surface area contributed by atoms with E-state index < -0.39 is 0 Å². The van der Waals surface area contributed by atoms with Gasteiger partial charge >= 0.3 is 0 Å². The molecular weight excluding hydrogens is 302 g/mol. The fourth-order valence-corrected chi connectivity index (χ4v) is 3.72. The number of anilines is 1. The zero-order chi connectivity index (χ0) is 16.8. The Labute approximate surface area is 145 Å². The molecule has 1 aromatic rings. The molecule has 2 atom stereocenters. The lowest BCUT2D eigenvalue weighted by molar-refractivity contribution is 0.0883. The van der Waals surface area contributed by atoms with Crippen molar-refractivity contribution in [1.29, 1.82) is 0 Å². The Morgan fingerprint density at radius 1 is 1.29 bits per heavy atom. The number of nitrogens with zero attached hydrogens (tertiary/aromatic N) is 4. The van der Waals surface area contributed by atoms with Crippen LogP contribution < -0.4 is 10.2 Å². The SMILES string of the molecule is CC1CCN(CC(O)CNC2CCCN(c3cccnn3)C2)CC1. The van der Waals surface area contributed by atoms with Crippen LogP contribution in [-0.4, -0.2) is 71.6 Å². The Balaban J connectivity index is 1.39. The van der Waals surface area contributed by atoms with Crippen LogP contribution in [-0.2, 0) is 0 Å². The highest BCUT2D eigenvalue weighted by Gasteiger charge is 2.22. The van der Waals surface area contributed by atoms with Crippen LogP contribution >= 0.6 is 0 Å². The number of aliphatic hydroxyl groups is 1. The molecule has 24 heavy (non-hydrogen) atoms. The third-order valence-corrected chi connectivity index (χ3v) is 5.29. The summed E-state index contributed by atoms with van der Waals surface area (Å²) >= 11 is 0. The molecule has 134 valence electrons. The Morgan fingerprint density at radius 2 is 2.12 bits per heavy atom.